The van der Waals surface area contributed by atoms with Gasteiger partial charge in [0.15, 0.2) is 5.16 Å². The van der Waals surface area contributed by atoms with Gasteiger partial charge < -0.3 is 10.1 Å². The third-order valence-electron chi connectivity index (χ3n) is 6.12. The molecule has 4 rings (SSSR count). The van der Waals surface area contributed by atoms with E-state index in [0.29, 0.717) is 12.3 Å². The van der Waals surface area contributed by atoms with Crippen LogP contribution in [0.1, 0.15) is 53.6 Å². The lowest BCUT2D eigenvalue weighted by atomic mass is 9.69. The predicted octanol–water partition coefficient (Wildman–Crippen LogP) is 4.74. The van der Waals surface area contributed by atoms with Gasteiger partial charge in [-0.2, -0.15) is 5.10 Å². The SMILES string of the molecule is COc1ccc(C2(CNC(=O)c3ccccc3CSc3ncn[nH]3)CCCCC2)cc1. The zero-order valence-electron chi connectivity index (χ0n) is 17.8. The first kappa shape index (κ1) is 21.4. The summed E-state index contributed by atoms with van der Waals surface area (Å²) in [6.45, 7) is 0.641. The highest BCUT2D eigenvalue weighted by molar-refractivity contribution is 7.98. The molecule has 31 heavy (non-hydrogen) atoms. The summed E-state index contributed by atoms with van der Waals surface area (Å²) in [7, 11) is 1.68. The van der Waals surface area contributed by atoms with Gasteiger partial charge in [0.25, 0.3) is 5.91 Å². The van der Waals surface area contributed by atoms with Gasteiger partial charge in [-0.15, -0.1) is 0 Å². The van der Waals surface area contributed by atoms with Gasteiger partial charge >= 0.3 is 0 Å². The number of hydrogen-bond acceptors (Lipinski definition) is 5. The van der Waals surface area contributed by atoms with Crippen LogP contribution in [0.2, 0.25) is 0 Å². The second-order valence-corrected chi connectivity index (χ2v) is 8.95. The number of aromatic amines is 1. The molecule has 6 nitrogen and oxygen atoms in total. The molecule has 1 fully saturated rings. The number of benzene rings is 2. The molecule has 1 aliphatic rings. The molecule has 2 N–H and O–H groups in total. The minimum Gasteiger partial charge on any atom is -0.497 e. The van der Waals surface area contributed by atoms with E-state index in [1.54, 1.807) is 7.11 Å². The first-order valence-electron chi connectivity index (χ1n) is 10.7. The van der Waals surface area contributed by atoms with Crippen LogP contribution in [-0.2, 0) is 11.2 Å². The lowest BCUT2D eigenvalue weighted by Crippen LogP contribution is -2.42. The molecule has 1 heterocycles. The minimum absolute atomic E-state index is 0.0211. The highest BCUT2D eigenvalue weighted by Gasteiger charge is 2.34. The van der Waals surface area contributed by atoms with Gasteiger partial charge in [-0.05, 0) is 42.2 Å². The van der Waals surface area contributed by atoms with Gasteiger partial charge in [0.2, 0.25) is 0 Å². The van der Waals surface area contributed by atoms with Crippen LogP contribution >= 0.6 is 11.8 Å². The number of nitrogens with one attached hydrogen (secondary N) is 2. The Kier molecular flexibility index (Phi) is 6.92. The molecule has 7 heteroatoms. The van der Waals surface area contributed by atoms with Gasteiger partial charge in [0, 0.05) is 23.3 Å². The molecule has 0 aliphatic heterocycles. The van der Waals surface area contributed by atoms with E-state index in [2.05, 4.69) is 32.6 Å². The zero-order chi connectivity index (χ0) is 21.5. The summed E-state index contributed by atoms with van der Waals surface area (Å²) in [5, 5.41) is 10.7. The maximum atomic E-state index is 13.2. The third-order valence-corrected chi connectivity index (χ3v) is 7.05. The number of nitrogens with zero attached hydrogens (tertiary/aromatic N) is 2. The molecule has 0 radical (unpaired) electrons. The first-order chi connectivity index (χ1) is 15.2. The van der Waals surface area contributed by atoms with Crippen LogP contribution in [0.25, 0.3) is 0 Å². The normalized spacial score (nSPS) is 15.4. The number of H-pyrrole nitrogens is 1. The number of thioether (sulfide) groups is 1. The molecule has 2 aromatic carbocycles. The molecule has 3 aromatic rings. The van der Waals surface area contributed by atoms with Crippen LogP contribution in [0, 0.1) is 0 Å². The highest BCUT2D eigenvalue weighted by atomic mass is 32.2. The van der Waals surface area contributed by atoms with E-state index in [1.807, 2.05) is 36.4 Å². The highest BCUT2D eigenvalue weighted by Crippen LogP contribution is 2.39. The Hall–Kier alpha value is -2.80. The van der Waals surface area contributed by atoms with Gasteiger partial charge in [-0.3, -0.25) is 9.89 Å². The van der Waals surface area contributed by atoms with Gasteiger partial charge in [-0.1, -0.05) is 61.4 Å². The first-order valence-corrected chi connectivity index (χ1v) is 11.7. The van der Waals surface area contributed by atoms with E-state index in [0.717, 1.165) is 34.9 Å². The number of rotatable bonds is 8. The molecule has 0 atom stereocenters. The molecule has 162 valence electrons. The van der Waals surface area contributed by atoms with E-state index in [-0.39, 0.29) is 11.3 Å². The van der Waals surface area contributed by atoms with E-state index in [1.165, 1.54) is 42.9 Å². The lowest BCUT2D eigenvalue weighted by molar-refractivity contribution is 0.0936. The van der Waals surface area contributed by atoms with Crippen LogP contribution in [0.15, 0.2) is 60.0 Å². The Labute approximate surface area is 187 Å². The van der Waals surface area contributed by atoms with Gasteiger partial charge in [-0.25, -0.2) is 4.98 Å². The fourth-order valence-corrected chi connectivity index (χ4v) is 5.15. The summed E-state index contributed by atoms with van der Waals surface area (Å²) in [5.41, 5.74) is 2.96. The van der Waals surface area contributed by atoms with Crippen molar-refractivity contribution < 1.29 is 9.53 Å². The molecule has 1 amide bonds. The fraction of sp³-hybridized carbons (Fsp3) is 0.375. The van der Waals surface area contributed by atoms with Crippen molar-refractivity contribution in [3.63, 3.8) is 0 Å². The van der Waals surface area contributed by atoms with Crippen molar-refractivity contribution in [3.05, 3.63) is 71.5 Å². The zero-order valence-corrected chi connectivity index (χ0v) is 18.6. The standard InChI is InChI=1S/C24H28N4O2S/c1-30-20-11-9-19(10-12-20)24(13-5-2-6-14-24)16-25-22(29)21-8-4-3-7-18(21)15-31-23-26-17-27-28-23/h3-4,7-12,17H,2,5-6,13-16H2,1H3,(H,25,29)(H,26,27,28). The van der Waals surface area contributed by atoms with Crippen molar-refractivity contribution in [1.29, 1.82) is 0 Å². The molecule has 0 unspecified atom stereocenters. The van der Waals surface area contributed by atoms with Gasteiger partial charge in [0.1, 0.15) is 12.1 Å². The minimum atomic E-state index is -0.0241. The molecular formula is C24H28N4O2S. The summed E-state index contributed by atoms with van der Waals surface area (Å²) in [5.74, 6) is 1.49. The Bertz CT molecular complexity index is 983. The number of aromatic nitrogens is 3. The number of amides is 1. The van der Waals surface area contributed by atoms with Crippen LogP contribution in [-0.4, -0.2) is 34.7 Å². The fourth-order valence-electron chi connectivity index (χ4n) is 4.36. The Morgan fingerprint density at radius 1 is 1.13 bits per heavy atom. The molecular weight excluding hydrogens is 408 g/mol. The monoisotopic (exact) mass is 436 g/mol. The molecule has 1 saturated carbocycles. The van der Waals surface area contributed by atoms with Crippen LogP contribution in [0.4, 0.5) is 0 Å². The Morgan fingerprint density at radius 2 is 1.90 bits per heavy atom. The summed E-state index contributed by atoms with van der Waals surface area (Å²) in [4.78, 5) is 17.3. The number of ether oxygens (including phenoxy) is 1. The summed E-state index contributed by atoms with van der Waals surface area (Å²) in [6, 6.07) is 16.1. The van der Waals surface area contributed by atoms with Crippen molar-refractivity contribution >= 4 is 17.7 Å². The Morgan fingerprint density at radius 3 is 2.61 bits per heavy atom. The second-order valence-electron chi connectivity index (χ2n) is 7.99. The van der Waals surface area contributed by atoms with Crippen molar-refractivity contribution in [1.82, 2.24) is 20.5 Å². The van der Waals surface area contributed by atoms with E-state index >= 15 is 0 Å². The lowest BCUT2D eigenvalue weighted by Gasteiger charge is -2.38. The summed E-state index contributed by atoms with van der Waals surface area (Å²) in [6.07, 6.45) is 7.29. The average molecular weight is 437 g/mol. The number of hydrogen-bond donors (Lipinski definition) is 2. The number of carbonyl (C=O) groups is 1. The second kappa shape index (κ2) is 10.0. The summed E-state index contributed by atoms with van der Waals surface area (Å²) >= 11 is 1.54. The third kappa shape index (κ3) is 5.10. The topological polar surface area (TPSA) is 79.9 Å². The van der Waals surface area contributed by atoms with E-state index < -0.39 is 0 Å². The molecule has 1 aromatic heterocycles. The molecule has 0 spiro atoms. The van der Waals surface area contributed by atoms with Gasteiger partial charge in [0.05, 0.1) is 7.11 Å². The smallest absolute Gasteiger partial charge is 0.251 e. The van der Waals surface area contributed by atoms with Crippen molar-refractivity contribution in [2.45, 2.75) is 48.4 Å². The largest absolute Gasteiger partial charge is 0.497 e. The molecule has 0 saturated heterocycles. The summed E-state index contributed by atoms with van der Waals surface area (Å²) < 4.78 is 5.33. The Balaban J connectivity index is 1.48. The quantitative estimate of drug-likeness (QED) is 0.499. The van der Waals surface area contributed by atoms with Crippen molar-refractivity contribution in [2.75, 3.05) is 13.7 Å². The van der Waals surface area contributed by atoms with Crippen molar-refractivity contribution in [3.8, 4) is 5.75 Å². The maximum absolute atomic E-state index is 13.2. The van der Waals surface area contributed by atoms with Crippen LogP contribution in [0.5, 0.6) is 5.75 Å². The molecule has 1 aliphatic carbocycles. The number of carbonyl (C=O) groups excluding carboxylic acids is 1. The van der Waals surface area contributed by atoms with E-state index in [4.69, 9.17) is 4.74 Å². The van der Waals surface area contributed by atoms with E-state index in [9.17, 15) is 4.79 Å². The van der Waals surface area contributed by atoms with Crippen LogP contribution in [0.3, 0.4) is 0 Å². The van der Waals surface area contributed by atoms with Crippen molar-refractivity contribution in [2.24, 2.45) is 0 Å². The predicted molar refractivity (Wildman–Crippen MR) is 122 cm³/mol. The average Bonchev–Trinajstić information content (AvgIpc) is 3.36. The molecule has 0 bridgehead atoms. The van der Waals surface area contributed by atoms with Crippen LogP contribution < -0.4 is 10.1 Å². The maximum Gasteiger partial charge on any atom is 0.251 e. The number of methoxy groups -OCH3 is 1.